The summed E-state index contributed by atoms with van der Waals surface area (Å²) in [5.41, 5.74) is 0.226. The molecule has 2 heterocycles. The summed E-state index contributed by atoms with van der Waals surface area (Å²) in [4.78, 5) is 42.2. The first-order valence-electron chi connectivity index (χ1n) is 9.70. The molecule has 28 heavy (non-hydrogen) atoms. The summed E-state index contributed by atoms with van der Waals surface area (Å²) in [5, 5.41) is 2.86. The van der Waals surface area contributed by atoms with Crippen LogP contribution in [0.25, 0.3) is 0 Å². The van der Waals surface area contributed by atoms with Crippen LogP contribution in [0.5, 0.6) is 0 Å². The van der Waals surface area contributed by atoms with Gasteiger partial charge in [-0.05, 0) is 26.0 Å². The lowest BCUT2D eigenvalue weighted by molar-refractivity contribution is -0.137. The van der Waals surface area contributed by atoms with Crippen molar-refractivity contribution < 1.29 is 18.8 Å². The maximum Gasteiger partial charge on any atom is 0.234 e. The average Bonchev–Trinajstić information content (AvgIpc) is 3.03. The highest BCUT2D eigenvalue weighted by Crippen LogP contribution is 2.28. The molecule has 0 spiro atoms. The summed E-state index contributed by atoms with van der Waals surface area (Å²) < 4.78 is 14.0. The van der Waals surface area contributed by atoms with Crippen molar-refractivity contribution in [2.45, 2.75) is 26.3 Å². The number of nitrogens with zero attached hydrogens (tertiary/aromatic N) is 3. The van der Waals surface area contributed by atoms with Crippen LogP contribution < -0.4 is 10.2 Å². The van der Waals surface area contributed by atoms with E-state index in [4.69, 9.17) is 0 Å². The van der Waals surface area contributed by atoms with Crippen LogP contribution in [-0.4, -0.2) is 72.8 Å². The number of piperazine rings is 1. The zero-order valence-electron chi connectivity index (χ0n) is 16.4. The van der Waals surface area contributed by atoms with Crippen molar-refractivity contribution in [3.05, 3.63) is 30.1 Å². The van der Waals surface area contributed by atoms with E-state index in [1.807, 2.05) is 18.7 Å². The molecule has 0 bridgehead atoms. The van der Waals surface area contributed by atoms with E-state index in [1.54, 1.807) is 23.1 Å². The Kier molecular flexibility index (Phi) is 6.28. The quantitative estimate of drug-likeness (QED) is 0.809. The normalized spacial score (nSPS) is 20.7. The maximum absolute atomic E-state index is 14.0. The molecule has 1 N–H and O–H groups in total. The van der Waals surface area contributed by atoms with Crippen LogP contribution in [-0.2, 0) is 14.4 Å². The van der Waals surface area contributed by atoms with Gasteiger partial charge in [0, 0.05) is 45.2 Å². The lowest BCUT2D eigenvalue weighted by Gasteiger charge is -2.35. The predicted octanol–water partition coefficient (Wildman–Crippen LogP) is 0.847. The number of amides is 3. The Hall–Kier alpha value is -2.48. The summed E-state index contributed by atoms with van der Waals surface area (Å²) in [6, 6.07) is 6.22. The van der Waals surface area contributed by atoms with Gasteiger partial charge in [0.15, 0.2) is 0 Å². The molecule has 0 aromatic heterocycles. The number of hydrogen-bond acceptors (Lipinski definition) is 4. The molecule has 2 fully saturated rings. The van der Waals surface area contributed by atoms with Gasteiger partial charge in [0.2, 0.25) is 17.7 Å². The molecular weight excluding hydrogens is 363 g/mol. The number of benzene rings is 1. The molecule has 1 aromatic carbocycles. The smallest absolute Gasteiger partial charge is 0.234 e. The van der Waals surface area contributed by atoms with E-state index >= 15 is 0 Å². The number of anilines is 1. The van der Waals surface area contributed by atoms with Crippen LogP contribution in [0.4, 0.5) is 10.1 Å². The third-order valence-corrected chi connectivity index (χ3v) is 5.12. The number of halogens is 1. The van der Waals surface area contributed by atoms with Crippen LogP contribution in [0, 0.1) is 11.7 Å². The second-order valence-corrected chi connectivity index (χ2v) is 7.68. The fourth-order valence-corrected chi connectivity index (χ4v) is 3.73. The summed E-state index contributed by atoms with van der Waals surface area (Å²) in [7, 11) is 0. The van der Waals surface area contributed by atoms with Crippen molar-refractivity contribution in [3.8, 4) is 0 Å². The van der Waals surface area contributed by atoms with Crippen LogP contribution in [0.15, 0.2) is 24.3 Å². The van der Waals surface area contributed by atoms with E-state index in [1.165, 1.54) is 11.0 Å². The first-order chi connectivity index (χ1) is 13.3. The Labute approximate surface area is 164 Å². The summed E-state index contributed by atoms with van der Waals surface area (Å²) in [6.07, 6.45) is 0.101. The van der Waals surface area contributed by atoms with Gasteiger partial charge < -0.3 is 15.1 Å². The second kappa shape index (κ2) is 8.68. The lowest BCUT2D eigenvalue weighted by atomic mass is 10.1. The Morgan fingerprint density at radius 2 is 1.86 bits per heavy atom. The zero-order valence-corrected chi connectivity index (χ0v) is 16.4. The Morgan fingerprint density at radius 3 is 2.50 bits per heavy atom. The number of carbonyl (C=O) groups excluding carboxylic acids is 3. The molecule has 0 radical (unpaired) electrons. The number of hydrogen-bond donors (Lipinski definition) is 1. The number of carbonyl (C=O) groups is 3. The van der Waals surface area contributed by atoms with Crippen molar-refractivity contribution >= 4 is 23.4 Å². The van der Waals surface area contributed by atoms with E-state index in [9.17, 15) is 18.8 Å². The van der Waals surface area contributed by atoms with Gasteiger partial charge in [-0.15, -0.1) is 0 Å². The molecule has 1 atom stereocenters. The van der Waals surface area contributed by atoms with Gasteiger partial charge in [0.25, 0.3) is 0 Å². The molecular formula is C20H27FN4O3. The number of para-hydroxylation sites is 1. The van der Waals surface area contributed by atoms with E-state index in [-0.39, 0.29) is 42.4 Å². The van der Waals surface area contributed by atoms with Crippen LogP contribution >= 0.6 is 0 Å². The molecule has 8 heteroatoms. The first-order valence-corrected chi connectivity index (χ1v) is 9.70. The third-order valence-electron chi connectivity index (χ3n) is 5.12. The summed E-state index contributed by atoms with van der Waals surface area (Å²) >= 11 is 0. The Morgan fingerprint density at radius 1 is 1.18 bits per heavy atom. The van der Waals surface area contributed by atoms with E-state index < -0.39 is 11.7 Å². The van der Waals surface area contributed by atoms with Gasteiger partial charge in [-0.2, -0.15) is 0 Å². The van der Waals surface area contributed by atoms with Gasteiger partial charge in [-0.25, -0.2) is 4.39 Å². The van der Waals surface area contributed by atoms with Gasteiger partial charge >= 0.3 is 0 Å². The van der Waals surface area contributed by atoms with Gasteiger partial charge in [-0.1, -0.05) is 12.1 Å². The van der Waals surface area contributed by atoms with Gasteiger partial charge in [0.05, 0.1) is 18.2 Å². The molecule has 3 amide bonds. The molecule has 7 nitrogen and oxygen atoms in total. The van der Waals surface area contributed by atoms with E-state index in [2.05, 4.69) is 5.32 Å². The fourth-order valence-electron chi connectivity index (χ4n) is 3.73. The molecule has 2 saturated heterocycles. The zero-order chi connectivity index (χ0) is 20.3. The first kappa shape index (κ1) is 20.3. The topological polar surface area (TPSA) is 73.0 Å². The third kappa shape index (κ3) is 4.67. The van der Waals surface area contributed by atoms with Crippen LogP contribution in [0.2, 0.25) is 0 Å². The van der Waals surface area contributed by atoms with Crippen molar-refractivity contribution in [3.63, 3.8) is 0 Å². The lowest BCUT2D eigenvalue weighted by Crippen LogP contribution is -2.52. The van der Waals surface area contributed by atoms with Crippen molar-refractivity contribution in [1.82, 2.24) is 15.1 Å². The summed E-state index contributed by atoms with van der Waals surface area (Å²) in [5.74, 6) is -1.23. The minimum absolute atomic E-state index is 0.0169. The Bertz CT molecular complexity index is 747. The van der Waals surface area contributed by atoms with Crippen molar-refractivity contribution in [2.75, 3.05) is 44.2 Å². The van der Waals surface area contributed by atoms with E-state index in [0.717, 1.165) is 0 Å². The standard InChI is InChI=1S/C20H27FN4O3/c1-14(2)22-18(26)13-23-7-9-24(10-8-23)20(28)15-11-19(27)25(12-15)17-6-4-3-5-16(17)21/h3-6,14-15H,7-13H2,1-2H3,(H,22,26). The molecule has 2 aliphatic rings. The predicted molar refractivity (Wildman–Crippen MR) is 103 cm³/mol. The van der Waals surface area contributed by atoms with Crippen molar-refractivity contribution in [2.24, 2.45) is 5.92 Å². The molecule has 1 unspecified atom stereocenters. The van der Waals surface area contributed by atoms with Gasteiger partial charge in [-0.3, -0.25) is 19.3 Å². The minimum Gasteiger partial charge on any atom is -0.353 e. The second-order valence-electron chi connectivity index (χ2n) is 7.68. The molecule has 0 saturated carbocycles. The highest BCUT2D eigenvalue weighted by Gasteiger charge is 2.38. The number of rotatable bonds is 5. The molecule has 3 rings (SSSR count). The molecule has 1 aromatic rings. The van der Waals surface area contributed by atoms with Crippen LogP contribution in [0.1, 0.15) is 20.3 Å². The van der Waals surface area contributed by atoms with Crippen LogP contribution in [0.3, 0.4) is 0 Å². The fraction of sp³-hybridized carbons (Fsp3) is 0.550. The highest BCUT2D eigenvalue weighted by atomic mass is 19.1. The largest absolute Gasteiger partial charge is 0.353 e. The SMILES string of the molecule is CC(C)NC(=O)CN1CCN(C(=O)C2CC(=O)N(c3ccccc3F)C2)CC1. The molecule has 2 aliphatic heterocycles. The summed E-state index contributed by atoms with van der Waals surface area (Å²) in [6.45, 7) is 6.66. The van der Waals surface area contributed by atoms with Gasteiger partial charge in [0.1, 0.15) is 5.82 Å². The van der Waals surface area contributed by atoms with Crippen molar-refractivity contribution in [1.29, 1.82) is 0 Å². The number of nitrogens with one attached hydrogen (secondary N) is 1. The minimum atomic E-state index is -0.461. The maximum atomic E-state index is 14.0. The van der Waals surface area contributed by atoms with E-state index in [0.29, 0.717) is 32.7 Å². The highest BCUT2D eigenvalue weighted by molar-refractivity contribution is 6.00. The monoisotopic (exact) mass is 390 g/mol. The molecule has 0 aliphatic carbocycles. The Balaban J connectivity index is 1.53. The average molecular weight is 390 g/mol. The molecule has 152 valence electrons.